The zero-order valence-electron chi connectivity index (χ0n) is 12.2. The largest absolute Gasteiger partial charge is 0.416 e. The zero-order valence-corrected chi connectivity index (χ0v) is 12.2. The monoisotopic (exact) mass is 288 g/mol. The van der Waals surface area contributed by atoms with Crippen molar-refractivity contribution in [3.8, 4) is 0 Å². The van der Waals surface area contributed by atoms with Gasteiger partial charge in [-0.1, -0.05) is 32.4 Å². The molecule has 1 aromatic rings. The van der Waals surface area contributed by atoms with Crippen LogP contribution >= 0.6 is 0 Å². The van der Waals surface area contributed by atoms with Gasteiger partial charge in [-0.05, 0) is 30.7 Å². The van der Waals surface area contributed by atoms with Gasteiger partial charge < -0.3 is 5.73 Å². The first-order chi connectivity index (χ1) is 9.29. The van der Waals surface area contributed by atoms with Gasteiger partial charge >= 0.3 is 6.18 Å². The molecule has 0 amide bonds. The molecular weight excluding hydrogens is 265 g/mol. The number of hydrogen-bond donors (Lipinski definition) is 1. The molecule has 0 spiro atoms. The lowest BCUT2D eigenvalue weighted by Crippen LogP contribution is -2.33. The average Bonchev–Trinajstić information content (AvgIpc) is 2.38. The highest BCUT2D eigenvalue weighted by molar-refractivity contribution is 5.28. The van der Waals surface area contributed by atoms with E-state index in [1.165, 1.54) is 12.1 Å². The van der Waals surface area contributed by atoms with Crippen LogP contribution in [0.2, 0.25) is 0 Å². The number of rotatable bonds is 6. The molecule has 0 aliphatic carbocycles. The summed E-state index contributed by atoms with van der Waals surface area (Å²) in [4.78, 5) is 2.03. The van der Waals surface area contributed by atoms with Crippen LogP contribution in [0.4, 0.5) is 13.2 Å². The molecular formula is C15H23F3N2. The van der Waals surface area contributed by atoms with E-state index in [1.54, 1.807) is 6.07 Å². The highest BCUT2D eigenvalue weighted by atomic mass is 19.4. The summed E-state index contributed by atoms with van der Waals surface area (Å²) in [5, 5.41) is 0. The molecule has 1 aromatic carbocycles. The van der Waals surface area contributed by atoms with Gasteiger partial charge in [0.15, 0.2) is 0 Å². The van der Waals surface area contributed by atoms with Crippen LogP contribution in [0.5, 0.6) is 0 Å². The summed E-state index contributed by atoms with van der Waals surface area (Å²) in [6, 6.07) is 5.25. The second-order valence-corrected chi connectivity index (χ2v) is 5.33. The minimum Gasteiger partial charge on any atom is -0.329 e. The number of hydrogen-bond acceptors (Lipinski definition) is 2. The lowest BCUT2D eigenvalue weighted by Gasteiger charge is -2.30. The normalized spacial score (nSPS) is 15.4. The molecule has 0 aliphatic rings. The summed E-state index contributed by atoms with van der Waals surface area (Å²) in [6.45, 7) is 5.33. The highest BCUT2D eigenvalue weighted by Crippen LogP contribution is 2.31. The van der Waals surface area contributed by atoms with Gasteiger partial charge in [-0.3, -0.25) is 4.90 Å². The van der Waals surface area contributed by atoms with Gasteiger partial charge in [0.1, 0.15) is 0 Å². The Morgan fingerprint density at radius 2 is 1.95 bits per heavy atom. The van der Waals surface area contributed by atoms with Gasteiger partial charge in [0, 0.05) is 19.1 Å². The smallest absolute Gasteiger partial charge is 0.329 e. The standard InChI is InChI=1S/C15H23F3N2/c1-4-11(2)10-20(3)14(9-19)12-6-5-7-13(8-12)15(16,17)18/h5-8,11,14H,4,9-10,19H2,1-3H3. The lowest BCUT2D eigenvalue weighted by molar-refractivity contribution is -0.137. The fourth-order valence-electron chi connectivity index (χ4n) is 2.24. The molecule has 2 N–H and O–H groups in total. The van der Waals surface area contributed by atoms with Gasteiger partial charge in [-0.2, -0.15) is 13.2 Å². The molecule has 20 heavy (non-hydrogen) atoms. The summed E-state index contributed by atoms with van der Waals surface area (Å²) in [5.41, 5.74) is 5.76. The Morgan fingerprint density at radius 3 is 2.45 bits per heavy atom. The van der Waals surface area contributed by atoms with Crippen LogP contribution in [-0.2, 0) is 6.18 Å². The SMILES string of the molecule is CCC(C)CN(C)C(CN)c1cccc(C(F)(F)F)c1. The number of alkyl halides is 3. The summed E-state index contributed by atoms with van der Waals surface area (Å²) >= 11 is 0. The third-order valence-corrected chi connectivity index (χ3v) is 3.65. The van der Waals surface area contributed by atoms with E-state index < -0.39 is 11.7 Å². The molecule has 0 saturated carbocycles. The highest BCUT2D eigenvalue weighted by Gasteiger charge is 2.31. The topological polar surface area (TPSA) is 29.3 Å². The summed E-state index contributed by atoms with van der Waals surface area (Å²) in [6.07, 6.45) is -3.28. The van der Waals surface area contributed by atoms with Crippen molar-refractivity contribution in [2.24, 2.45) is 11.7 Å². The van der Waals surface area contributed by atoms with E-state index in [0.717, 1.165) is 19.0 Å². The van der Waals surface area contributed by atoms with Crippen LogP contribution in [0, 0.1) is 5.92 Å². The fraction of sp³-hybridized carbons (Fsp3) is 0.600. The van der Waals surface area contributed by atoms with Gasteiger partial charge in [-0.15, -0.1) is 0 Å². The molecule has 1 rings (SSSR count). The predicted octanol–water partition coefficient (Wildman–Crippen LogP) is 3.68. The Bertz CT molecular complexity index is 418. The second kappa shape index (κ2) is 7.09. The van der Waals surface area contributed by atoms with E-state index in [9.17, 15) is 13.2 Å². The maximum absolute atomic E-state index is 12.8. The summed E-state index contributed by atoms with van der Waals surface area (Å²) < 4.78 is 38.3. The Morgan fingerprint density at radius 1 is 1.30 bits per heavy atom. The van der Waals surface area contributed by atoms with Crippen LogP contribution in [-0.4, -0.2) is 25.0 Å². The first-order valence-corrected chi connectivity index (χ1v) is 6.87. The molecule has 0 aliphatic heterocycles. The lowest BCUT2D eigenvalue weighted by atomic mass is 10.0. The van der Waals surface area contributed by atoms with Gasteiger partial charge in [-0.25, -0.2) is 0 Å². The van der Waals surface area contributed by atoms with Crippen molar-refractivity contribution in [2.45, 2.75) is 32.5 Å². The zero-order chi connectivity index (χ0) is 15.3. The van der Waals surface area contributed by atoms with E-state index in [-0.39, 0.29) is 6.04 Å². The third-order valence-electron chi connectivity index (χ3n) is 3.65. The van der Waals surface area contributed by atoms with Crippen LogP contribution in [0.1, 0.15) is 37.4 Å². The molecule has 0 bridgehead atoms. The molecule has 114 valence electrons. The Balaban J connectivity index is 2.95. The van der Waals surface area contributed by atoms with E-state index in [2.05, 4.69) is 13.8 Å². The number of benzene rings is 1. The molecule has 0 heterocycles. The predicted molar refractivity (Wildman–Crippen MR) is 75.3 cm³/mol. The van der Waals surface area contributed by atoms with Crippen molar-refractivity contribution in [1.82, 2.24) is 4.90 Å². The van der Waals surface area contributed by atoms with Crippen LogP contribution in [0.3, 0.4) is 0 Å². The molecule has 2 atom stereocenters. The second-order valence-electron chi connectivity index (χ2n) is 5.33. The minimum atomic E-state index is -4.32. The van der Waals surface area contributed by atoms with Crippen molar-refractivity contribution in [2.75, 3.05) is 20.1 Å². The fourth-order valence-corrected chi connectivity index (χ4v) is 2.24. The molecule has 2 unspecified atom stereocenters. The van der Waals surface area contributed by atoms with E-state index in [0.29, 0.717) is 18.0 Å². The van der Waals surface area contributed by atoms with E-state index >= 15 is 0 Å². The van der Waals surface area contributed by atoms with Gasteiger partial charge in [0.2, 0.25) is 0 Å². The number of nitrogens with two attached hydrogens (primary N) is 1. The Labute approximate surface area is 118 Å². The maximum Gasteiger partial charge on any atom is 0.416 e. The molecule has 0 fully saturated rings. The molecule has 0 radical (unpaired) electrons. The average molecular weight is 288 g/mol. The first-order valence-electron chi connectivity index (χ1n) is 6.87. The van der Waals surface area contributed by atoms with Gasteiger partial charge in [0.25, 0.3) is 0 Å². The van der Waals surface area contributed by atoms with Crippen LogP contribution in [0.15, 0.2) is 24.3 Å². The maximum atomic E-state index is 12.8. The van der Waals surface area contributed by atoms with Crippen molar-refractivity contribution in [1.29, 1.82) is 0 Å². The van der Waals surface area contributed by atoms with Crippen molar-refractivity contribution in [3.63, 3.8) is 0 Å². The quantitative estimate of drug-likeness (QED) is 0.865. The number of likely N-dealkylation sites (N-methyl/N-ethyl adjacent to an activating group) is 1. The number of halogens is 3. The van der Waals surface area contributed by atoms with E-state index in [1.807, 2.05) is 11.9 Å². The van der Waals surface area contributed by atoms with Crippen molar-refractivity contribution in [3.05, 3.63) is 35.4 Å². The number of nitrogens with zero attached hydrogens (tertiary/aromatic N) is 1. The molecule has 5 heteroatoms. The van der Waals surface area contributed by atoms with Crippen molar-refractivity contribution < 1.29 is 13.2 Å². The molecule has 0 saturated heterocycles. The van der Waals surface area contributed by atoms with Crippen molar-refractivity contribution >= 4 is 0 Å². The molecule has 2 nitrogen and oxygen atoms in total. The van der Waals surface area contributed by atoms with Crippen LogP contribution < -0.4 is 5.73 Å². The summed E-state index contributed by atoms with van der Waals surface area (Å²) in [7, 11) is 1.91. The van der Waals surface area contributed by atoms with Crippen LogP contribution in [0.25, 0.3) is 0 Å². The minimum absolute atomic E-state index is 0.189. The van der Waals surface area contributed by atoms with E-state index in [4.69, 9.17) is 5.73 Å². The Hall–Kier alpha value is -1.07. The Kier molecular flexibility index (Phi) is 6.02. The third kappa shape index (κ3) is 4.49. The first kappa shape index (κ1) is 17.0. The molecule has 0 aromatic heterocycles. The summed E-state index contributed by atoms with van der Waals surface area (Å²) in [5.74, 6) is 0.486. The van der Waals surface area contributed by atoms with Gasteiger partial charge in [0.05, 0.1) is 5.56 Å².